The number of nitrogens with one attached hydrogen (secondary N) is 1. The normalized spacial score (nSPS) is 10.5. The summed E-state index contributed by atoms with van der Waals surface area (Å²) in [5, 5.41) is 4.45. The Bertz CT molecular complexity index is 617. The predicted molar refractivity (Wildman–Crippen MR) is 86.6 cm³/mol. The number of halogens is 2. The van der Waals surface area contributed by atoms with Crippen LogP contribution in [0.4, 0.5) is 0 Å². The van der Waals surface area contributed by atoms with Gasteiger partial charge < -0.3 is 14.8 Å². The van der Waals surface area contributed by atoms with Crippen molar-refractivity contribution in [2.45, 2.75) is 13.1 Å². The third-order valence-electron chi connectivity index (χ3n) is 3.11. The maximum Gasteiger partial charge on any atom is 0.142 e. The van der Waals surface area contributed by atoms with Gasteiger partial charge in [-0.25, -0.2) is 0 Å². The zero-order chi connectivity index (χ0) is 15.2. The fraction of sp³-hybridized carbons (Fsp3) is 0.250. The van der Waals surface area contributed by atoms with Crippen LogP contribution in [-0.2, 0) is 13.1 Å². The Balaban J connectivity index is 2.07. The first-order valence-corrected chi connectivity index (χ1v) is 7.25. The van der Waals surface area contributed by atoms with E-state index in [1.807, 2.05) is 30.3 Å². The molecule has 0 aliphatic rings. The van der Waals surface area contributed by atoms with Crippen LogP contribution < -0.4 is 14.8 Å². The lowest BCUT2D eigenvalue weighted by Gasteiger charge is -2.13. The molecular weight excluding hydrogens is 309 g/mol. The summed E-state index contributed by atoms with van der Waals surface area (Å²) in [7, 11) is 3.26. The summed E-state index contributed by atoms with van der Waals surface area (Å²) in [6.45, 7) is 1.28. The number of benzene rings is 2. The second-order valence-electron chi connectivity index (χ2n) is 4.50. The number of hydrogen-bond donors (Lipinski definition) is 1. The van der Waals surface area contributed by atoms with Crippen molar-refractivity contribution < 1.29 is 9.47 Å². The highest BCUT2D eigenvalue weighted by atomic mass is 35.5. The van der Waals surface area contributed by atoms with Gasteiger partial charge in [0.15, 0.2) is 0 Å². The lowest BCUT2D eigenvalue weighted by atomic mass is 10.1. The van der Waals surface area contributed by atoms with E-state index in [1.165, 1.54) is 0 Å². The molecule has 0 aliphatic heterocycles. The van der Waals surface area contributed by atoms with Crippen LogP contribution in [0, 0.1) is 0 Å². The van der Waals surface area contributed by atoms with Gasteiger partial charge in [-0.05, 0) is 18.2 Å². The van der Waals surface area contributed by atoms with Crippen molar-refractivity contribution in [3.05, 3.63) is 57.6 Å². The van der Waals surface area contributed by atoms with E-state index in [4.69, 9.17) is 32.7 Å². The van der Waals surface area contributed by atoms with Gasteiger partial charge in [0.2, 0.25) is 0 Å². The molecule has 21 heavy (non-hydrogen) atoms. The molecule has 2 rings (SSSR count). The Kier molecular flexibility index (Phi) is 5.74. The average molecular weight is 326 g/mol. The summed E-state index contributed by atoms with van der Waals surface area (Å²) in [4.78, 5) is 0. The van der Waals surface area contributed by atoms with Crippen LogP contribution in [0.15, 0.2) is 36.4 Å². The molecule has 0 fully saturated rings. The number of para-hydroxylation sites is 1. The molecule has 0 amide bonds. The molecule has 5 heteroatoms. The van der Waals surface area contributed by atoms with Gasteiger partial charge in [-0.1, -0.05) is 41.4 Å². The maximum absolute atomic E-state index is 6.12. The Hall–Kier alpha value is -1.42. The summed E-state index contributed by atoms with van der Waals surface area (Å²) < 4.78 is 10.6. The van der Waals surface area contributed by atoms with Crippen molar-refractivity contribution in [1.82, 2.24) is 5.32 Å². The quantitative estimate of drug-likeness (QED) is 0.858. The topological polar surface area (TPSA) is 30.5 Å². The van der Waals surface area contributed by atoms with Crippen LogP contribution in [0.3, 0.4) is 0 Å². The van der Waals surface area contributed by atoms with Gasteiger partial charge >= 0.3 is 0 Å². The molecule has 2 aromatic rings. The van der Waals surface area contributed by atoms with E-state index in [0.717, 1.165) is 16.9 Å². The first kappa shape index (κ1) is 16.0. The van der Waals surface area contributed by atoms with Crippen LogP contribution in [-0.4, -0.2) is 14.2 Å². The lowest BCUT2D eigenvalue weighted by Crippen LogP contribution is -2.14. The molecule has 0 spiro atoms. The van der Waals surface area contributed by atoms with Gasteiger partial charge in [0, 0.05) is 29.2 Å². The highest BCUT2D eigenvalue weighted by Crippen LogP contribution is 2.32. The molecule has 0 heterocycles. The second-order valence-corrected chi connectivity index (χ2v) is 5.34. The highest BCUT2D eigenvalue weighted by Gasteiger charge is 2.10. The van der Waals surface area contributed by atoms with E-state index in [-0.39, 0.29) is 0 Å². The minimum Gasteiger partial charge on any atom is -0.496 e. The fourth-order valence-corrected chi connectivity index (χ4v) is 2.77. The van der Waals surface area contributed by atoms with Crippen molar-refractivity contribution in [1.29, 1.82) is 0 Å². The molecule has 0 aliphatic carbocycles. The van der Waals surface area contributed by atoms with Crippen molar-refractivity contribution in [3.63, 3.8) is 0 Å². The molecule has 0 radical (unpaired) electrons. The van der Waals surface area contributed by atoms with Crippen LogP contribution in [0.2, 0.25) is 10.0 Å². The van der Waals surface area contributed by atoms with Crippen LogP contribution in [0.5, 0.6) is 11.5 Å². The standard InChI is InChI=1S/C16H17Cl2NO2/c1-20-15-6-4-3-5-11(15)9-19-10-12-7-13(17)8-14(18)16(12)21-2/h3-8,19H,9-10H2,1-2H3. The second kappa shape index (κ2) is 7.55. The number of ether oxygens (including phenoxy) is 2. The molecule has 0 saturated carbocycles. The molecule has 0 unspecified atom stereocenters. The van der Waals surface area contributed by atoms with Crippen molar-refractivity contribution in [2.75, 3.05) is 14.2 Å². The molecule has 0 saturated heterocycles. The Morgan fingerprint density at radius 2 is 1.67 bits per heavy atom. The molecule has 112 valence electrons. The van der Waals surface area contributed by atoms with E-state index in [1.54, 1.807) is 20.3 Å². The SMILES string of the molecule is COc1ccccc1CNCc1cc(Cl)cc(Cl)c1OC. The molecule has 3 nitrogen and oxygen atoms in total. The Morgan fingerprint density at radius 3 is 2.38 bits per heavy atom. The number of hydrogen-bond acceptors (Lipinski definition) is 3. The monoisotopic (exact) mass is 325 g/mol. The summed E-state index contributed by atoms with van der Waals surface area (Å²) >= 11 is 12.2. The highest BCUT2D eigenvalue weighted by molar-refractivity contribution is 6.35. The van der Waals surface area contributed by atoms with E-state index in [9.17, 15) is 0 Å². The van der Waals surface area contributed by atoms with Crippen molar-refractivity contribution >= 4 is 23.2 Å². The van der Waals surface area contributed by atoms with E-state index in [2.05, 4.69) is 5.32 Å². The molecule has 1 N–H and O–H groups in total. The fourth-order valence-electron chi connectivity index (χ4n) is 2.15. The third kappa shape index (κ3) is 4.03. The van der Waals surface area contributed by atoms with Gasteiger partial charge in [0.05, 0.1) is 19.2 Å². The van der Waals surface area contributed by atoms with Crippen LogP contribution >= 0.6 is 23.2 Å². The van der Waals surface area contributed by atoms with Gasteiger partial charge in [0.25, 0.3) is 0 Å². The average Bonchev–Trinajstić information content (AvgIpc) is 2.47. The van der Waals surface area contributed by atoms with Crippen LogP contribution in [0.25, 0.3) is 0 Å². The zero-order valence-electron chi connectivity index (χ0n) is 12.0. The third-order valence-corrected chi connectivity index (χ3v) is 3.61. The minimum atomic E-state index is 0.513. The van der Waals surface area contributed by atoms with Crippen molar-refractivity contribution in [3.8, 4) is 11.5 Å². The first-order chi connectivity index (χ1) is 10.2. The Labute approximate surface area is 134 Å². The molecule has 0 aromatic heterocycles. The first-order valence-electron chi connectivity index (χ1n) is 6.50. The molecule has 2 aromatic carbocycles. The number of rotatable bonds is 6. The maximum atomic E-state index is 6.12. The largest absolute Gasteiger partial charge is 0.496 e. The summed E-state index contributed by atoms with van der Waals surface area (Å²) in [5.74, 6) is 1.51. The van der Waals surface area contributed by atoms with E-state index < -0.39 is 0 Å². The number of methoxy groups -OCH3 is 2. The smallest absolute Gasteiger partial charge is 0.142 e. The van der Waals surface area contributed by atoms with Gasteiger partial charge in [-0.15, -0.1) is 0 Å². The van der Waals surface area contributed by atoms with Crippen LogP contribution in [0.1, 0.15) is 11.1 Å². The summed E-state index contributed by atoms with van der Waals surface area (Å²) in [6, 6.07) is 11.4. The predicted octanol–water partition coefficient (Wildman–Crippen LogP) is 4.30. The molecule has 0 atom stereocenters. The molecular formula is C16H17Cl2NO2. The van der Waals surface area contributed by atoms with E-state index in [0.29, 0.717) is 28.9 Å². The van der Waals surface area contributed by atoms with E-state index >= 15 is 0 Å². The minimum absolute atomic E-state index is 0.513. The lowest BCUT2D eigenvalue weighted by molar-refractivity contribution is 0.404. The summed E-state index contributed by atoms with van der Waals surface area (Å²) in [6.07, 6.45) is 0. The van der Waals surface area contributed by atoms with Gasteiger partial charge in [-0.2, -0.15) is 0 Å². The van der Waals surface area contributed by atoms with Gasteiger partial charge in [-0.3, -0.25) is 0 Å². The summed E-state index contributed by atoms with van der Waals surface area (Å²) in [5.41, 5.74) is 2.01. The molecule has 0 bridgehead atoms. The van der Waals surface area contributed by atoms with Crippen molar-refractivity contribution in [2.24, 2.45) is 0 Å². The van der Waals surface area contributed by atoms with Gasteiger partial charge in [0.1, 0.15) is 11.5 Å². The zero-order valence-corrected chi connectivity index (χ0v) is 13.5. The Morgan fingerprint density at radius 1 is 0.952 bits per heavy atom.